The van der Waals surface area contributed by atoms with E-state index in [0.29, 0.717) is 18.7 Å². The molecule has 1 aromatic heterocycles. The average Bonchev–Trinajstić information content (AvgIpc) is 2.58. The minimum atomic E-state index is -0.0836. The molecule has 0 unspecified atom stereocenters. The zero-order valence-corrected chi connectivity index (χ0v) is 13.7. The van der Waals surface area contributed by atoms with Crippen LogP contribution in [0.1, 0.15) is 24.5 Å². The van der Waals surface area contributed by atoms with E-state index in [1.807, 2.05) is 18.2 Å². The van der Waals surface area contributed by atoms with Crippen molar-refractivity contribution in [2.75, 3.05) is 13.7 Å². The molecule has 1 aromatic carbocycles. The van der Waals surface area contributed by atoms with Gasteiger partial charge in [0.2, 0.25) is 0 Å². The maximum atomic E-state index is 12.6. The summed E-state index contributed by atoms with van der Waals surface area (Å²) in [5.41, 5.74) is 3.62. The van der Waals surface area contributed by atoms with Gasteiger partial charge in [-0.3, -0.25) is 4.79 Å². The minimum Gasteiger partial charge on any atom is -0.385 e. The van der Waals surface area contributed by atoms with Gasteiger partial charge in [0.1, 0.15) is 0 Å². The van der Waals surface area contributed by atoms with Crippen LogP contribution in [0, 0.1) is 11.3 Å². The van der Waals surface area contributed by atoms with Crippen LogP contribution in [-0.2, 0) is 24.1 Å². The molecule has 0 bridgehead atoms. The van der Waals surface area contributed by atoms with Gasteiger partial charge in [-0.15, -0.1) is 0 Å². The third-order valence-electron chi connectivity index (χ3n) is 3.91. The molecular weight excluding hydrogens is 288 g/mol. The van der Waals surface area contributed by atoms with Crippen LogP contribution >= 0.6 is 0 Å². The molecule has 0 amide bonds. The standard InChI is InChI=1S/C19H22N2O2/c1-3-15-5-7-16(8-6-15)18-10-9-17(11-12-20)19(22)21(18)13-4-14-23-2/h5-10H,3-4,11,13-14H2,1-2H3. The molecule has 0 spiro atoms. The number of pyridine rings is 1. The molecular formula is C19H22N2O2. The van der Waals surface area contributed by atoms with Gasteiger partial charge < -0.3 is 9.30 Å². The first-order valence-electron chi connectivity index (χ1n) is 7.89. The number of nitriles is 1. The van der Waals surface area contributed by atoms with Gasteiger partial charge in [-0.05, 0) is 30.0 Å². The lowest BCUT2D eigenvalue weighted by atomic mass is 10.1. The fourth-order valence-electron chi connectivity index (χ4n) is 2.60. The summed E-state index contributed by atoms with van der Waals surface area (Å²) in [5.74, 6) is 0. The van der Waals surface area contributed by atoms with Crippen LogP contribution in [0.4, 0.5) is 0 Å². The van der Waals surface area contributed by atoms with E-state index in [1.165, 1.54) is 5.56 Å². The number of rotatable bonds is 7. The fraction of sp³-hybridized carbons (Fsp3) is 0.368. The Morgan fingerprint density at radius 3 is 2.52 bits per heavy atom. The van der Waals surface area contributed by atoms with Gasteiger partial charge in [-0.2, -0.15) is 5.26 Å². The second-order valence-corrected chi connectivity index (χ2v) is 5.43. The van der Waals surface area contributed by atoms with Crippen LogP contribution in [0.15, 0.2) is 41.2 Å². The van der Waals surface area contributed by atoms with Gasteiger partial charge in [-0.25, -0.2) is 0 Å². The summed E-state index contributed by atoms with van der Waals surface area (Å²) in [6, 6.07) is 14.0. The summed E-state index contributed by atoms with van der Waals surface area (Å²) in [6.45, 7) is 3.30. The van der Waals surface area contributed by atoms with Gasteiger partial charge in [0.15, 0.2) is 0 Å². The van der Waals surface area contributed by atoms with Gasteiger partial charge in [0, 0.05) is 25.8 Å². The van der Waals surface area contributed by atoms with Crippen LogP contribution in [0.25, 0.3) is 11.3 Å². The normalized spacial score (nSPS) is 10.5. The molecule has 4 heteroatoms. The van der Waals surface area contributed by atoms with E-state index in [0.717, 1.165) is 24.1 Å². The first kappa shape index (κ1) is 17.0. The average molecular weight is 310 g/mol. The van der Waals surface area contributed by atoms with Gasteiger partial charge in [0.05, 0.1) is 18.2 Å². The Labute approximate surface area is 137 Å². The van der Waals surface area contributed by atoms with Crippen molar-refractivity contribution in [2.24, 2.45) is 0 Å². The molecule has 0 fully saturated rings. The monoisotopic (exact) mass is 310 g/mol. The van der Waals surface area contributed by atoms with E-state index in [2.05, 4.69) is 25.1 Å². The Morgan fingerprint density at radius 2 is 1.91 bits per heavy atom. The molecule has 23 heavy (non-hydrogen) atoms. The summed E-state index contributed by atoms with van der Waals surface area (Å²) in [6.07, 6.45) is 1.88. The highest BCUT2D eigenvalue weighted by atomic mass is 16.5. The zero-order valence-electron chi connectivity index (χ0n) is 13.7. The molecule has 0 saturated heterocycles. The SMILES string of the molecule is CCc1ccc(-c2ccc(CC#N)c(=O)n2CCCOC)cc1. The first-order valence-corrected chi connectivity index (χ1v) is 7.89. The number of aromatic nitrogens is 1. The lowest BCUT2D eigenvalue weighted by molar-refractivity contribution is 0.190. The predicted molar refractivity (Wildman–Crippen MR) is 91.3 cm³/mol. The number of nitrogens with zero attached hydrogens (tertiary/aromatic N) is 2. The van der Waals surface area contributed by atoms with Crippen molar-refractivity contribution in [3.63, 3.8) is 0 Å². The molecule has 0 aliphatic heterocycles. The number of benzene rings is 1. The summed E-state index contributed by atoms with van der Waals surface area (Å²) in [4.78, 5) is 12.6. The summed E-state index contributed by atoms with van der Waals surface area (Å²) in [5, 5.41) is 8.88. The Morgan fingerprint density at radius 1 is 1.17 bits per heavy atom. The van der Waals surface area contributed by atoms with Crippen LogP contribution in [-0.4, -0.2) is 18.3 Å². The first-order chi connectivity index (χ1) is 11.2. The number of methoxy groups -OCH3 is 1. The number of aryl methyl sites for hydroxylation is 1. The van der Waals surface area contributed by atoms with Crippen molar-refractivity contribution < 1.29 is 4.74 Å². The van der Waals surface area contributed by atoms with Crippen molar-refractivity contribution in [2.45, 2.75) is 32.7 Å². The third kappa shape index (κ3) is 4.08. The van der Waals surface area contributed by atoms with Crippen LogP contribution in [0.5, 0.6) is 0 Å². The highest BCUT2D eigenvalue weighted by Crippen LogP contribution is 2.20. The lowest BCUT2D eigenvalue weighted by Crippen LogP contribution is -2.25. The zero-order chi connectivity index (χ0) is 16.7. The predicted octanol–water partition coefficient (Wildman–Crippen LogP) is 3.18. The van der Waals surface area contributed by atoms with E-state index in [1.54, 1.807) is 17.7 Å². The van der Waals surface area contributed by atoms with E-state index in [4.69, 9.17) is 10.00 Å². The minimum absolute atomic E-state index is 0.0836. The Kier molecular flexibility index (Phi) is 6.13. The Hall–Kier alpha value is -2.38. The van der Waals surface area contributed by atoms with Crippen LogP contribution in [0.2, 0.25) is 0 Å². The van der Waals surface area contributed by atoms with Gasteiger partial charge >= 0.3 is 0 Å². The van der Waals surface area contributed by atoms with E-state index < -0.39 is 0 Å². The van der Waals surface area contributed by atoms with Gasteiger partial charge in [-0.1, -0.05) is 37.3 Å². The molecule has 1 heterocycles. The van der Waals surface area contributed by atoms with E-state index in [9.17, 15) is 4.79 Å². The Bertz CT molecular complexity index is 739. The maximum Gasteiger partial charge on any atom is 0.255 e. The van der Waals surface area contributed by atoms with E-state index >= 15 is 0 Å². The van der Waals surface area contributed by atoms with Crippen molar-refractivity contribution in [1.29, 1.82) is 5.26 Å². The van der Waals surface area contributed by atoms with Crippen molar-refractivity contribution >= 4 is 0 Å². The van der Waals surface area contributed by atoms with Crippen molar-refractivity contribution in [3.05, 3.63) is 57.9 Å². The molecule has 0 N–H and O–H groups in total. The van der Waals surface area contributed by atoms with E-state index in [-0.39, 0.29) is 12.0 Å². The highest BCUT2D eigenvalue weighted by molar-refractivity contribution is 5.60. The lowest BCUT2D eigenvalue weighted by Gasteiger charge is -2.14. The summed E-state index contributed by atoms with van der Waals surface area (Å²) in [7, 11) is 1.65. The molecule has 0 saturated carbocycles. The molecule has 0 aliphatic carbocycles. The van der Waals surface area contributed by atoms with Crippen LogP contribution in [0.3, 0.4) is 0 Å². The van der Waals surface area contributed by atoms with Crippen molar-refractivity contribution in [3.8, 4) is 17.3 Å². The molecule has 120 valence electrons. The Balaban J connectivity index is 2.45. The second-order valence-electron chi connectivity index (χ2n) is 5.43. The fourth-order valence-corrected chi connectivity index (χ4v) is 2.60. The number of hydrogen-bond donors (Lipinski definition) is 0. The molecule has 0 atom stereocenters. The second kappa shape index (κ2) is 8.30. The smallest absolute Gasteiger partial charge is 0.255 e. The molecule has 0 radical (unpaired) electrons. The molecule has 2 rings (SSSR count). The quantitative estimate of drug-likeness (QED) is 0.738. The molecule has 0 aliphatic rings. The summed E-state index contributed by atoms with van der Waals surface area (Å²) < 4.78 is 6.85. The number of ether oxygens (including phenoxy) is 1. The maximum absolute atomic E-state index is 12.6. The third-order valence-corrected chi connectivity index (χ3v) is 3.91. The van der Waals surface area contributed by atoms with Crippen LogP contribution < -0.4 is 5.56 Å². The molecule has 2 aromatic rings. The van der Waals surface area contributed by atoms with Gasteiger partial charge in [0.25, 0.3) is 5.56 Å². The topological polar surface area (TPSA) is 55.0 Å². The summed E-state index contributed by atoms with van der Waals surface area (Å²) >= 11 is 0. The largest absolute Gasteiger partial charge is 0.385 e. The van der Waals surface area contributed by atoms with Crippen molar-refractivity contribution in [1.82, 2.24) is 4.57 Å². The molecule has 4 nitrogen and oxygen atoms in total. The highest BCUT2D eigenvalue weighted by Gasteiger charge is 2.10. The number of hydrogen-bond acceptors (Lipinski definition) is 3.